The average Bonchev–Trinajstić information content (AvgIpc) is 3.63. The van der Waals surface area contributed by atoms with Gasteiger partial charge in [-0.15, -0.1) is 0 Å². The average molecular weight is 624 g/mol. The number of benzene rings is 1. The summed E-state index contributed by atoms with van der Waals surface area (Å²) in [4.78, 5) is 28.3. The summed E-state index contributed by atoms with van der Waals surface area (Å²) in [7, 11) is 0. The highest BCUT2D eigenvalue weighted by Gasteiger charge is 2.54. The van der Waals surface area contributed by atoms with Crippen LogP contribution in [-0.2, 0) is 16.0 Å². The molecule has 5 N–H and O–H groups in total. The van der Waals surface area contributed by atoms with E-state index in [9.17, 15) is 29.3 Å². The predicted molar refractivity (Wildman–Crippen MR) is 160 cm³/mol. The second kappa shape index (κ2) is 15.7. The number of aliphatic hydroxyl groups excluding tert-OH is 4. The first kappa shape index (κ1) is 34.4. The van der Waals surface area contributed by atoms with Crippen molar-refractivity contribution in [3.8, 4) is 5.75 Å². The van der Waals surface area contributed by atoms with E-state index >= 15 is 0 Å². The zero-order valence-corrected chi connectivity index (χ0v) is 26.0. The van der Waals surface area contributed by atoms with Gasteiger partial charge in [-0.05, 0) is 75.3 Å². The zero-order valence-electron chi connectivity index (χ0n) is 26.0. The molecule has 12 heteroatoms. The Hall–Kier alpha value is -2.51. The van der Waals surface area contributed by atoms with Gasteiger partial charge in [0.05, 0.1) is 31.3 Å². The minimum Gasteiger partial charge on any atom is -0.493 e. The topological polar surface area (TPSA) is 152 Å². The lowest BCUT2D eigenvalue weighted by Gasteiger charge is -2.39. The molecule has 0 radical (unpaired) electrons. The number of aliphatic hydroxyl groups is 4. The summed E-state index contributed by atoms with van der Waals surface area (Å²) in [5.74, 6) is 0.657. The van der Waals surface area contributed by atoms with Crippen LogP contribution in [-0.4, -0.2) is 119 Å². The number of rotatable bonds is 16. The summed E-state index contributed by atoms with van der Waals surface area (Å²) >= 11 is 0. The Morgan fingerprint density at radius 1 is 1.11 bits per heavy atom. The van der Waals surface area contributed by atoms with Crippen LogP contribution in [0.15, 0.2) is 18.2 Å². The van der Waals surface area contributed by atoms with Crippen LogP contribution in [0.3, 0.4) is 0 Å². The molecule has 2 aliphatic heterocycles. The highest BCUT2D eigenvalue weighted by atomic mass is 19.1. The molecule has 0 aromatic heterocycles. The van der Waals surface area contributed by atoms with Gasteiger partial charge in [-0.1, -0.05) is 6.07 Å². The molecule has 248 valence electrons. The van der Waals surface area contributed by atoms with Crippen LogP contribution in [0.4, 0.5) is 9.18 Å². The molecule has 0 bridgehead atoms. The number of carbonyl (C=O) groups excluding carboxylic acids is 2. The van der Waals surface area contributed by atoms with Crippen LogP contribution in [0, 0.1) is 23.1 Å². The van der Waals surface area contributed by atoms with E-state index in [0.29, 0.717) is 48.9 Å². The van der Waals surface area contributed by atoms with Crippen molar-refractivity contribution in [3.05, 3.63) is 29.6 Å². The zero-order chi connectivity index (χ0) is 31.9. The fourth-order valence-corrected chi connectivity index (χ4v) is 6.44. The Morgan fingerprint density at radius 2 is 1.84 bits per heavy atom. The van der Waals surface area contributed by atoms with Crippen molar-refractivity contribution in [3.63, 3.8) is 0 Å². The maximum atomic E-state index is 14.8. The van der Waals surface area contributed by atoms with Crippen molar-refractivity contribution in [2.24, 2.45) is 17.3 Å². The SMILES string of the molecule is CC(C)OC(=O)N1CCC2(CC1)CC2CCCOc1ccc(CC(=O)N2CC(CNC[C@H](O)[C@@H](O)[C@H](O)CCO)C2)c(F)c1. The maximum Gasteiger partial charge on any atom is 0.410 e. The lowest BCUT2D eigenvalue weighted by atomic mass is 9.90. The van der Waals surface area contributed by atoms with Gasteiger partial charge in [0.15, 0.2) is 0 Å². The van der Waals surface area contributed by atoms with Gasteiger partial charge < -0.3 is 45.0 Å². The Bertz CT molecular complexity index is 1090. The van der Waals surface area contributed by atoms with Crippen molar-refractivity contribution in [2.75, 3.05) is 52.5 Å². The molecule has 1 aliphatic carbocycles. The van der Waals surface area contributed by atoms with Crippen molar-refractivity contribution in [2.45, 2.75) is 83.2 Å². The standard InChI is InChI=1S/C32H50FN3O8/c1-21(2)44-31(42)35-10-8-32(9-11-35)16-24(32)4-3-13-43-25-6-5-23(26(33)15-25)14-29(40)36-19-22(20-36)17-34-18-28(39)30(41)27(38)7-12-37/h5-6,15,21-22,24,27-28,30,34,37-39,41H,3-4,7-14,16-20H2,1-2H3/t24?,27-,28+,30+/m1/s1. The second-order valence-electron chi connectivity index (χ2n) is 13.1. The van der Waals surface area contributed by atoms with E-state index in [1.807, 2.05) is 18.7 Å². The summed E-state index contributed by atoms with van der Waals surface area (Å²) in [5, 5.41) is 41.3. The molecule has 1 spiro atoms. The molecule has 1 aromatic carbocycles. The first-order valence-corrected chi connectivity index (χ1v) is 16.0. The fraction of sp³-hybridized carbons (Fsp3) is 0.750. The number of carbonyl (C=O) groups is 2. The summed E-state index contributed by atoms with van der Waals surface area (Å²) in [6, 6.07) is 4.65. The molecule has 2 saturated heterocycles. The van der Waals surface area contributed by atoms with E-state index in [-0.39, 0.29) is 50.0 Å². The molecule has 44 heavy (non-hydrogen) atoms. The number of piperidine rings is 1. The quantitative estimate of drug-likeness (QED) is 0.173. The van der Waals surface area contributed by atoms with E-state index in [1.165, 1.54) is 12.5 Å². The van der Waals surface area contributed by atoms with Crippen LogP contribution >= 0.6 is 0 Å². The Morgan fingerprint density at radius 3 is 2.50 bits per heavy atom. The molecule has 2 heterocycles. The molecule has 1 unspecified atom stereocenters. The van der Waals surface area contributed by atoms with Gasteiger partial charge in [-0.3, -0.25) is 4.79 Å². The minimum absolute atomic E-state index is 0.0171. The lowest BCUT2D eigenvalue weighted by molar-refractivity contribution is -0.136. The van der Waals surface area contributed by atoms with Gasteiger partial charge in [0, 0.05) is 57.9 Å². The fourth-order valence-electron chi connectivity index (χ4n) is 6.44. The first-order valence-electron chi connectivity index (χ1n) is 16.0. The number of nitrogens with zero attached hydrogens (tertiary/aromatic N) is 2. The summed E-state index contributed by atoms with van der Waals surface area (Å²) in [5.41, 5.74) is 0.672. The van der Waals surface area contributed by atoms with Gasteiger partial charge >= 0.3 is 6.09 Å². The molecule has 1 aromatic rings. The number of amides is 2. The Balaban J connectivity index is 1.08. The van der Waals surface area contributed by atoms with E-state index < -0.39 is 24.1 Å². The minimum atomic E-state index is -1.35. The summed E-state index contributed by atoms with van der Waals surface area (Å²) in [6.45, 7) is 7.08. The van der Waals surface area contributed by atoms with Crippen molar-refractivity contribution in [1.29, 1.82) is 0 Å². The van der Waals surface area contributed by atoms with E-state index in [2.05, 4.69) is 5.32 Å². The molecule has 4 atom stereocenters. The number of halogens is 1. The molecule has 3 fully saturated rings. The van der Waals surface area contributed by atoms with Crippen LogP contribution in [0.1, 0.15) is 57.9 Å². The molecular weight excluding hydrogens is 573 g/mol. The molecule has 11 nitrogen and oxygen atoms in total. The monoisotopic (exact) mass is 623 g/mol. The highest BCUT2D eigenvalue weighted by Crippen LogP contribution is 2.61. The molecule has 3 aliphatic rings. The Kier molecular flexibility index (Phi) is 12.2. The molecule has 4 rings (SSSR count). The number of ether oxygens (including phenoxy) is 2. The number of nitrogens with one attached hydrogen (secondary N) is 1. The third-order valence-electron chi connectivity index (χ3n) is 9.35. The van der Waals surface area contributed by atoms with Crippen molar-refractivity contribution in [1.82, 2.24) is 15.1 Å². The first-order chi connectivity index (χ1) is 21.0. The Labute approximate surface area is 259 Å². The van der Waals surface area contributed by atoms with Crippen LogP contribution in [0.25, 0.3) is 0 Å². The van der Waals surface area contributed by atoms with Gasteiger partial charge in [-0.2, -0.15) is 0 Å². The highest BCUT2D eigenvalue weighted by molar-refractivity contribution is 5.79. The molecule has 1 saturated carbocycles. The normalized spacial score (nSPS) is 21.6. The third-order valence-corrected chi connectivity index (χ3v) is 9.35. The van der Waals surface area contributed by atoms with Crippen LogP contribution in [0.5, 0.6) is 5.75 Å². The van der Waals surface area contributed by atoms with Crippen molar-refractivity contribution >= 4 is 12.0 Å². The van der Waals surface area contributed by atoms with E-state index in [0.717, 1.165) is 38.8 Å². The summed E-state index contributed by atoms with van der Waals surface area (Å²) < 4.78 is 25.9. The summed E-state index contributed by atoms with van der Waals surface area (Å²) in [6.07, 6.45) is 1.05. The second-order valence-corrected chi connectivity index (χ2v) is 13.1. The maximum absolute atomic E-state index is 14.8. The largest absolute Gasteiger partial charge is 0.493 e. The van der Waals surface area contributed by atoms with Gasteiger partial charge in [0.1, 0.15) is 17.7 Å². The van der Waals surface area contributed by atoms with Gasteiger partial charge in [0.25, 0.3) is 0 Å². The molecule has 2 amide bonds. The lowest BCUT2D eigenvalue weighted by Crippen LogP contribution is -2.54. The number of likely N-dealkylation sites (tertiary alicyclic amines) is 2. The molecular formula is C32H50FN3O8. The number of hydrogen-bond donors (Lipinski definition) is 5. The number of hydrogen-bond acceptors (Lipinski definition) is 9. The van der Waals surface area contributed by atoms with Crippen molar-refractivity contribution < 1.29 is 43.9 Å². The van der Waals surface area contributed by atoms with E-state index in [4.69, 9.17) is 14.6 Å². The predicted octanol–water partition coefficient (Wildman–Crippen LogP) is 1.69. The van der Waals surface area contributed by atoms with Crippen LogP contribution in [0.2, 0.25) is 0 Å². The van der Waals surface area contributed by atoms with Crippen LogP contribution < -0.4 is 10.1 Å². The van der Waals surface area contributed by atoms with E-state index in [1.54, 1.807) is 17.0 Å². The van der Waals surface area contributed by atoms with Gasteiger partial charge in [0.2, 0.25) is 5.91 Å². The smallest absolute Gasteiger partial charge is 0.410 e. The van der Waals surface area contributed by atoms with Gasteiger partial charge in [-0.25, -0.2) is 9.18 Å². The third kappa shape index (κ3) is 9.26.